The molecule has 1 rings (SSSR count). The Kier molecular flexibility index (Phi) is 5.23. The highest BCUT2D eigenvalue weighted by atomic mass is 79.9. The van der Waals surface area contributed by atoms with Crippen molar-refractivity contribution in [3.8, 4) is 0 Å². The van der Waals surface area contributed by atoms with Gasteiger partial charge in [0.2, 0.25) is 5.91 Å². The van der Waals surface area contributed by atoms with Gasteiger partial charge in [-0.1, -0.05) is 48.2 Å². The maximum atomic E-state index is 11.7. The van der Waals surface area contributed by atoms with Gasteiger partial charge in [-0.05, 0) is 12.8 Å². The van der Waals surface area contributed by atoms with Crippen LogP contribution < -0.4 is 5.32 Å². The maximum absolute atomic E-state index is 11.7. The first-order valence-corrected chi connectivity index (χ1v) is 6.10. The first kappa shape index (κ1) is 11.8. The van der Waals surface area contributed by atoms with Crippen LogP contribution in [0.3, 0.4) is 0 Å². The highest BCUT2D eigenvalue weighted by Gasteiger charge is 2.19. The lowest BCUT2D eigenvalue weighted by Crippen LogP contribution is -2.31. The van der Waals surface area contributed by atoms with Crippen LogP contribution in [0.5, 0.6) is 0 Å². The number of halogens is 1. The predicted molar refractivity (Wildman–Crippen MR) is 62.3 cm³/mol. The van der Waals surface area contributed by atoms with Gasteiger partial charge in [-0.3, -0.25) is 4.79 Å². The smallest absolute Gasteiger partial charge is 0.223 e. The molecule has 1 amide bonds. The summed E-state index contributed by atoms with van der Waals surface area (Å²) in [5.74, 6) is 0.442. The number of carbonyl (C=O) groups excluding carboxylic acids is 1. The summed E-state index contributed by atoms with van der Waals surface area (Å²) in [5.41, 5.74) is 0. The van der Waals surface area contributed by atoms with Crippen molar-refractivity contribution in [3.63, 3.8) is 0 Å². The molecule has 0 atom stereocenters. The van der Waals surface area contributed by atoms with Gasteiger partial charge in [0.15, 0.2) is 0 Å². The minimum absolute atomic E-state index is 0.201. The lowest BCUT2D eigenvalue weighted by molar-refractivity contribution is -0.125. The third-order valence-electron chi connectivity index (χ3n) is 2.68. The number of hydrogen-bond acceptors (Lipinski definition) is 1. The minimum Gasteiger partial charge on any atom is -0.351 e. The molecule has 1 saturated carbocycles. The maximum Gasteiger partial charge on any atom is 0.223 e. The molecule has 0 spiro atoms. The molecule has 1 fully saturated rings. The van der Waals surface area contributed by atoms with E-state index < -0.39 is 0 Å². The van der Waals surface area contributed by atoms with Gasteiger partial charge in [0.25, 0.3) is 0 Å². The van der Waals surface area contributed by atoms with E-state index >= 15 is 0 Å². The van der Waals surface area contributed by atoms with Gasteiger partial charge in [0.1, 0.15) is 0 Å². The summed E-state index contributed by atoms with van der Waals surface area (Å²) in [5, 5.41) is 2.89. The third kappa shape index (κ3) is 4.27. The summed E-state index contributed by atoms with van der Waals surface area (Å²) >= 11 is 3.23. The molecule has 0 aliphatic heterocycles. The fraction of sp³-hybridized carbons (Fsp3) is 0.727. The van der Waals surface area contributed by atoms with E-state index in [1.54, 1.807) is 0 Å². The molecule has 14 heavy (non-hydrogen) atoms. The summed E-state index contributed by atoms with van der Waals surface area (Å²) in [7, 11) is 0. The standard InChI is InChI=1S/C11H18BrNO/c1-9(12)8-13-11(14)10-6-4-2-3-5-7-10/h10H,1-8H2,(H,13,14). The molecule has 0 bridgehead atoms. The van der Waals surface area contributed by atoms with Crippen molar-refractivity contribution >= 4 is 21.8 Å². The fourth-order valence-electron chi connectivity index (χ4n) is 1.87. The zero-order chi connectivity index (χ0) is 10.4. The van der Waals surface area contributed by atoms with Crippen LogP contribution in [0.2, 0.25) is 0 Å². The molecule has 1 aliphatic rings. The van der Waals surface area contributed by atoms with Gasteiger partial charge in [-0.2, -0.15) is 0 Å². The molecule has 0 heterocycles. The molecule has 2 nitrogen and oxygen atoms in total. The van der Waals surface area contributed by atoms with Crippen LogP contribution in [0, 0.1) is 5.92 Å². The first-order chi connectivity index (χ1) is 6.70. The van der Waals surface area contributed by atoms with Crippen molar-refractivity contribution < 1.29 is 4.79 Å². The van der Waals surface area contributed by atoms with Crippen molar-refractivity contribution in [2.24, 2.45) is 5.92 Å². The van der Waals surface area contributed by atoms with E-state index in [4.69, 9.17) is 0 Å². The number of rotatable bonds is 3. The van der Waals surface area contributed by atoms with E-state index in [9.17, 15) is 4.79 Å². The molecule has 0 saturated heterocycles. The van der Waals surface area contributed by atoms with E-state index in [1.807, 2.05) is 0 Å². The van der Waals surface area contributed by atoms with Crippen molar-refractivity contribution in [1.82, 2.24) is 5.32 Å². The molecule has 1 aliphatic carbocycles. The molecule has 0 aromatic heterocycles. The fourth-order valence-corrected chi connectivity index (χ4v) is 2.01. The van der Waals surface area contributed by atoms with Gasteiger partial charge in [-0.15, -0.1) is 0 Å². The zero-order valence-electron chi connectivity index (χ0n) is 8.52. The Morgan fingerprint density at radius 3 is 2.36 bits per heavy atom. The number of nitrogens with one attached hydrogen (secondary N) is 1. The van der Waals surface area contributed by atoms with Crippen LogP contribution >= 0.6 is 15.9 Å². The van der Waals surface area contributed by atoms with Crippen LogP contribution in [-0.2, 0) is 4.79 Å². The monoisotopic (exact) mass is 259 g/mol. The molecule has 1 N–H and O–H groups in total. The van der Waals surface area contributed by atoms with Gasteiger partial charge < -0.3 is 5.32 Å². The molecule has 0 aromatic rings. The number of carbonyl (C=O) groups is 1. The molecular formula is C11H18BrNO. The van der Waals surface area contributed by atoms with Gasteiger partial charge >= 0.3 is 0 Å². The Morgan fingerprint density at radius 1 is 1.29 bits per heavy atom. The lowest BCUT2D eigenvalue weighted by atomic mass is 9.99. The van der Waals surface area contributed by atoms with E-state index in [0.29, 0.717) is 6.54 Å². The minimum atomic E-state index is 0.201. The Labute approximate surface area is 94.3 Å². The summed E-state index contributed by atoms with van der Waals surface area (Å²) in [6.45, 7) is 4.24. The second kappa shape index (κ2) is 6.23. The molecule has 0 radical (unpaired) electrons. The van der Waals surface area contributed by atoms with E-state index in [1.165, 1.54) is 25.7 Å². The molecule has 80 valence electrons. The van der Waals surface area contributed by atoms with Crippen LogP contribution in [0.4, 0.5) is 0 Å². The SMILES string of the molecule is C=C(Br)CNC(=O)C1CCCCCC1. The average molecular weight is 260 g/mol. The van der Waals surface area contributed by atoms with Crippen LogP contribution in [0.15, 0.2) is 11.1 Å². The summed E-state index contributed by atoms with van der Waals surface area (Å²) in [6.07, 6.45) is 7.09. The van der Waals surface area contributed by atoms with E-state index in [2.05, 4.69) is 27.8 Å². The van der Waals surface area contributed by atoms with Crippen molar-refractivity contribution in [1.29, 1.82) is 0 Å². The normalized spacial score (nSPS) is 18.6. The van der Waals surface area contributed by atoms with Gasteiger partial charge in [0.05, 0.1) is 0 Å². The molecular weight excluding hydrogens is 242 g/mol. The Balaban J connectivity index is 2.30. The Bertz CT molecular complexity index is 207. The van der Waals surface area contributed by atoms with Crippen molar-refractivity contribution in [3.05, 3.63) is 11.1 Å². The zero-order valence-corrected chi connectivity index (χ0v) is 10.1. The van der Waals surface area contributed by atoms with Gasteiger partial charge in [-0.25, -0.2) is 0 Å². The topological polar surface area (TPSA) is 29.1 Å². The third-order valence-corrected chi connectivity index (χ3v) is 2.96. The van der Waals surface area contributed by atoms with Crippen LogP contribution in [0.1, 0.15) is 38.5 Å². The van der Waals surface area contributed by atoms with Crippen molar-refractivity contribution in [2.45, 2.75) is 38.5 Å². The highest BCUT2D eigenvalue weighted by Crippen LogP contribution is 2.22. The lowest BCUT2D eigenvalue weighted by Gasteiger charge is -2.13. The second-order valence-electron chi connectivity index (χ2n) is 3.92. The molecule has 0 aromatic carbocycles. The largest absolute Gasteiger partial charge is 0.351 e. The highest BCUT2D eigenvalue weighted by molar-refractivity contribution is 9.11. The number of hydrogen-bond donors (Lipinski definition) is 1. The molecule has 3 heteroatoms. The second-order valence-corrected chi connectivity index (χ2v) is 5.05. The Hall–Kier alpha value is -0.310. The summed E-state index contributed by atoms with van der Waals surface area (Å²) < 4.78 is 0.833. The van der Waals surface area contributed by atoms with Crippen molar-refractivity contribution in [2.75, 3.05) is 6.54 Å². The first-order valence-electron chi connectivity index (χ1n) is 5.31. The Morgan fingerprint density at radius 2 is 1.86 bits per heavy atom. The predicted octanol–water partition coefficient (Wildman–Crippen LogP) is 2.98. The van der Waals surface area contributed by atoms with E-state index in [0.717, 1.165) is 17.3 Å². The van der Waals surface area contributed by atoms with E-state index in [-0.39, 0.29) is 11.8 Å². The summed E-state index contributed by atoms with van der Waals surface area (Å²) in [4.78, 5) is 11.7. The quantitative estimate of drug-likeness (QED) is 0.776. The van der Waals surface area contributed by atoms with Gasteiger partial charge in [0, 0.05) is 16.9 Å². The van der Waals surface area contributed by atoms with Crippen LogP contribution in [-0.4, -0.2) is 12.5 Å². The molecule has 0 unspecified atom stereocenters. The summed E-state index contributed by atoms with van der Waals surface area (Å²) in [6, 6.07) is 0. The average Bonchev–Trinajstić information content (AvgIpc) is 2.42. The number of amides is 1. The van der Waals surface area contributed by atoms with Crippen LogP contribution in [0.25, 0.3) is 0 Å².